The largest absolute Gasteiger partial charge is 0.386 e. The van der Waals surface area contributed by atoms with Crippen LogP contribution < -0.4 is 5.32 Å². The van der Waals surface area contributed by atoms with Crippen LogP contribution in [0.15, 0.2) is 24.3 Å². The molecule has 0 spiro atoms. The van der Waals surface area contributed by atoms with Gasteiger partial charge in [0.05, 0.1) is 6.61 Å². The maximum atomic E-state index is 10.7. The van der Waals surface area contributed by atoms with Crippen LogP contribution in [0.25, 0.3) is 0 Å². The Morgan fingerprint density at radius 2 is 2.06 bits per heavy atom. The van der Waals surface area contributed by atoms with Crippen molar-refractivity contribution in [1.82, 2.24) is 5.32 Å². The van der Waals surface area contributed by atoms with Crippen LogP contribution in [0.2, 0.25) is 0 Å². The Labute approximate surface area is 95.2 Å². The van der Waals surface area contributed by atoms with Gasteiger partial charge in [-0.1, -0.05) is 24.3 Å². The van der Waals surface area contributed by atoms with E-state index in [1.807, 2.05) is 24.3 Å². The van der Waals surface area contributed by atoms with Crippen molar-refractivity contribution in [2.45, 2.75) is 19.6 Å². The monoisotopic (exact) mass is 223 g/mol. The Hall–Kier alpha value is -1.39. The van der Waals surface area contributed by atoms with Gasteiger partial charge < -0.3 is 15.2 Å². The summed E-state index contributed by atoms with van der Waals surface area (Å²) in [7, 11) is 1.55. The van der Waals surface area contributed by atoms with E-state index >= 15 is 0 Å². The maximum Gasteiger partial charge on any atom is 0.217 e. The predicted octanol–water partition coefficient (Wildman–Crippen LogP) is 1.00. The van der Waals surface area contributed by atoms with Gasteiger partial charge in [0.25, 0.3) is 0 Å². The van der Waals surface area contributed by atoms with Crippen LogP contribution in [0.1, 0.15) is 24.2 Å². The highest BCUT2D eigenvalue weighted by molar-refractivity contribution is 5.72. The minimum absolute atomic E-state index is 0.0523. The van der Waals surface area contributed by atoms with Crippen molar-refractivity contribution in [2.75, 3.05) is 13.7 Å². The van der Waals surface area contributed by atoms with Crippen molar-refractivity contribution in [3.63, 3.8) is 0 Å². The van der Waals surface area contributed by atoms with Gasteiger partial charge >= 0.3 is 0 Å². The molecule has 4 heteroatoms. The van der Waals surface area contributed by atoms with Crippen molar-refractivity contribution in [2.24, 2.45) is 0 Å². The molecule has 1 rings (SSSR count). The summed E-state index contributed by atoms with van der Waals surface area (Å²) in [6.07, 6.45) is -0.597. The van der Waals surface area contributed by atoms with Gasteiger partial charge in [0.15, 0.2) is 0 Å². The average Bonchev–Trinajstić information content (AvgIpc) is 2.27. The molecule has 1 aromatic carbocycles. The number of aliphatic hydroxyl groups excluding tert-OH is 1. The number of methoxy groups -OCH3 is 1. The predicted molar refractivity (Wildman–Crippen MR) is 60.8 cm³/mol. The van der Waals surface area contributed by atoms with E-state index < -0.39 is 6.10 Å². The third kappa shape index (κ3) is 4.00. The molecule has 1 atom stereocenters. The first-order chi connectivity index (χ1) is 7.63. The van der Waals surface area contributed by atoms with Gasteiger partial charge in [-0.3, -0.25) is 4.79 Å². The Morgan fingerprint density at radius 1 is 1.44 bits per heavy atom. The number of benzene rings is 1. The van der Waals surface area contributed by atoms with Crippen LogP contribution in [-0.4, -0.2) is 24.7 Å². The third-order valence-electron chi connectivity index (χ3n) is 2.23. The molecular weight excluding hydrogens is 206 g/mol. The van der Waals surface area contributed by atoms with Gasteiger partial charge in [-0.05, 0) is 11.1 Å². The molecule has 0 aliphatic rings. The number of carbonyl (C=O) groups excluding carboxylic acids is 1. The zero-order valence-electron chi connectivity index (χ0n) is 9.56. The van der Waals surface area contributed by atoms with E-state index in [1.165, 1.54) is 6.92 Å². The van der Waals surface area contributed by atoms with Crippen LogP contribution in [0.4, 0.5) is 0 Å². The minimum Gasteiger partial charge on any atom is -0.386 e. The van der Waals surface area contributed by atoms with Crippen molar-refractivity contribution < 1.29 is 14.6 Å². The van der Waals surface area contributed by atoms with E-state index in [0.717, 1.165) is 11.1 Å². The molecule has 88 valence electrons. The lowest BCUT2D eigenvalue weighted by Crippen LogP contribution is -2.18. The number of amides is 1. The number of ether oxygens (including phenoxy) is 1. The first kappa shape index (κ1) is 12.7. The molecular formula is C12H17NO3. The van der Waals surface area contributed by atoms with Crippen molar-refractivity contribution in [3.8, 4) is 0 Å². The lowest BCUT2D eigenvalue weighted by Gasteiger charge is -2.10. The molecule has 0 aliphatic heterocycles. The molecule has 2 N–H and O–H groups in total. The second-order valence-electron chi connectivity index (χ2n) is 3.62. The van der Waals surface area contributed by atoms with E-state index in [4.69, 9.17) is 4.74 Å². The summed E-state index contributed by atoms with van der Waals surface area (Å²) in [4.78, 5) is 10.7. The molecule has 0 heterocycles. The SMILES string of the molecule is COCC(O)c1ccc(CNC(C)=O)cc1. The van der Waals surface area contributed by atoms with Crippen LogP contribution in [0.5, 0.6) is 0 Å². The summed E-state index contributed by atoms with van der Waals surface area (Å²) in [5, 5.41) is 12.3. The van der Waals surface area contributed by atoms with E-state index in [9.17, 15) is 9.90 Å². The van der Waals surface area contributed by atoms with Crippen LogP contribution in [0.3, 0.4) is 0 Å². The van der Waals surface area contributed by atoms with Crippen molar-refractivity contribution in [3.05, 3.63) is 35.4 Å². The van der Waals surface area contributed by atoms with Crippen LogP contribution in [-0.2, 0) is 16.1 Å². The number of rotatable bonds is 5. The smallest absolute Gasteiger partial charge is 0.217 e. The highest BCUT2D eigenvalue weighted by Crippen LogP contribution is 2.13. The Kier molecular flexibility index (Phi) is 4.95. The molecule has 0 radical (unpaired) electrons. The van der Waals surface area contributed by atoms with Gasteiger partial charge in [-0.2, -0.15) is 0 Å². The summed E-state index contributed by atoms with van der Waals surface area (Å²) in [6, 6.07) is 7.43. The van der Waals surface area contributed by atoms with Crippen LogP contribution in [0, 0.1) is 0 Å². The summed E-state index contributed by atoms with van der Waals surface area (Å²) in [5.74, 6) is -0.0523. The molecule has 0 saturated carbocycles. The van der Waals surface area contributed by atoms with Crippen LogP contribution >= 0.6 is 0 Å². The second-order valence-corrected chi connectivity index (χ2v) is 3.62. The third-order valence-corrected chi connectivity index (χ3v) is 2.23. The number of hydrogen-bond donors (Lipinski definition) is 2. The standard InChI is InChI=1S/C12H17NO3/c1-9(14)13-7-10-3-5-11(6-4-10)12(15)8-16-2/h3-6,12,15H,7-8H2,1-2H3,(H,13,14). The number of nitrogens with one attached hydrogen (secondary N) is 1. The fourth-order valence-corrected chi connectivity index (χ4v) is 1.34. The number of hydrogen-bond acceptors (Lipinski definition) is 3. The first-order valence-electron chi connectivity index (χ1n) is 5.13. The molecule has 0 fully saturated rings. The molecule has 1 unspecified atom stereocenters. The van der Waals surface area contributed by atoms with Gasteiger partial charge in [-0.15, -0.1) is 0 Å². The molecule has 0 aromatic heterocycles. The Balaban J connectivity index is 2.57. The summed E-state index contributed by atoms with van der Waals surface area (Å²) >= 11 is 0. The molecule has 4 nitrogen and oxygen atoms in total. The highest BCUT2D eigenvalue weighted by Gasteiger charge is 2.06. The van der Waals surface area contributed by atoms with Gasteiger partial charge in [0, 0.05) is 20.6 Å². The summed E-state index contributed by atoms with van der Waals surface area (Å²) in [5.41, 5.74) is 1.82. The Morgan fingerprint density at radius 3 is 2.56 bits per heavy atom. The second kappa shape index (κ2) is 6.25. The van der Waals surface area contributed by atoms with E-state index in [-0.39, 0.29) is 12.5 Å². The molecule has 0 aliphatic carbocycles. The summed E-state index contributed by atoms with van der Waals surface area (Å²) in [6.45, 7) is 2.28. The minimum atomic E-state index is -0.597. The van der Waals surface area contributed by atoms with Gasteiger partial charge in [-0.25, -0.2) is 0 Å². The van der Waals surface area contributed by atoms with Crippen molar-refractivity contribution >= 4 is 5.91 Å². The van der Waals surface area contributed by atoms with Gasteiger partial charge in [0.1, 0.15) is 6.10 Å². The summed E-state index contributed by atoms with van der Waals surface area (Å²) < 4.78 is 4.86. The van der Waals surface area contributed by atoms with E-state index in [0.29, 0.717) is 6.54 Å². The maximum absolute atomic E-state index is 10.7. The zero-order valence-corrected chi connectivity index (χ0v) is 9.56. The Bertz CT molecular complexity index is 335. The molecule has 16 heavy (non-hydrogen) atoms. The topological polar surface area (TPSA) is 58.6 Å². The lowest BCUT2D eigenvalue weighted by atomic mass is 10.1. The molecule has 1 amide bonds. The number of carbonyl (C=O) groups is 1. The normalized spacial score (nSPS) is 12.2. The molecule has 1 aromatic rings. The first-order valence-corrected chi connectivity index (χ1v) is 5.13. The van der Waals surface area contributed by atoms with E-state index in [2.05, 4.69) is 5.32 Å². The fraction of sp³-hybridized carbons (Fsp3) is 0.417. The lowest BCUT2D eigenvalue weighted by molar-refractivity contribution is -0.119. The molecule has 0 bridgehead atoms. The molecule has 0 saturated heterocycles. The van der Waals surface area contributed by atoms with E-state index in [1.54, 1.807) is 7.11 Å². The van der Waals surface area contributed by atoms with Gasteiger partial charge in [0.2, 0.25) is 5.91 Å². The highest BCUT2D eigenvalue weighted by atomic mass is 16.5. The number of aliphatic hydroxyl groups is 1. The fourth-order valence-electron chi connectivity index (χ4n) is 1.34. The average molecular weight is 223 g/mol. The quantitative estimate of drug-likeness (QED) is 0.783. The van der Waals surface area contributed by atoms with Crippen molar-refractivity contribution in [1.29, 1.82) is 0 Å². The zero-order chi connectivity index (χ0) is 12.0.